The molecule has 0 unspecified atom stereocenters. The molecule has 0 aliphatic carbocycles. The van der Waals surface area contributed by atoms with Crippen LogP contribution in [0.5, 0.6) is 0 Å². The maximum Gasteiger partial charge on any atom is 0.00123 e. The molecule has 102 valence electrons. The fourth-order valence-corrected chi connectivity index (χ4v) is 2.21. The van der Waals surface area contributed by atoms with Gasteiger partial charge in [0.25, 0.3) is 0 Å². The number of hydrogen-bond acceptors (Lipinski definition) is 0. The lowest BCUT2D eigenvalue weighted by Crippen LogP contribution is -1.84. The zero-order valence-corrected chi connectivity index (χ0v) is 12.2. The Kier molecular flexibility index (Phi) is 5.89. The van der Waals surface area contributed by atoms with E-state index in [0.717, 1.165) is 6.42 Å². The minimum absolute atomic E-state index is 1.10. The summed E-state index contributed by atoms with van der Waals surface area (Å²) < 4.78 is 0. The molecule has 0 fully saturated rings. The third-order valence-electron chi connectivity index (χ3n) is 3.37. The molecule has 0 aromatic heterocycles. The zero-order chi connectivity index (χ0) is 14.0. The van der Waals surface area contributed by atoms with Crippen LogP contribution in [-0.2, 0) is 0 Å². The minimum atomic E-state index is 1.10. The Labute approximate surface area is 122 Å². The Balaban J connectivity index is 2.24. The third kappa shape index (κ3) is 4.57. The normalized spacial score (nSPS) is 9.85. The summed E-state index contributed by atoms with van der Waals surface area (Å²) in [5, 5.41) is 0. The van der Waals surface area contributed by atoms with Crippen LogP contribution in [0, 0.1) is 0 Å². The van der Waals surface area contributed by atoms with E-state index in [9.17, 15) is 0 Å². The molecule has 0 saturated carbocycles. The SMILES string of the molecule is CCCCCC(=C=Cc1ccccc1)c1ccccc1. The molecule has 2 aromatic rings. The van der Waals surface area contributed by atoms with Crippen molar-refractivity contribution in [3.05, 3.63) is 77.5 Å². The summed E-state index contributed by atoms with van der Waals surface area (Å²) in [5.41, 5.74) is 7.30. The van der Waals surface area contributed by atoms with Crippen molar-refractivity contribution in [2.45, 2.75) is 32.6 Å². The Hall–Kier alpha value is -2.04. The number of allylic oxidation sites excluding steroid dienone is 1. The van der Waals surface area contributed by atoms with Gasteiger partial charge in [-0.2, -0.15) is 0 Å². The second-order valence-electron chi connectivity index (χ2n) is 5.00. The van der Waals surface area contributed by atoms with Crippen molar-refractivity contribution in [3.63, 3.8) is 0 Å². The summed E-state index contributed by atoms with van der Waals surface area (Å²) in [4.78, 5) is 0. The molecule has 0 saturated heterocycles. The molecule has 0 heterocycles. The van der Waals surface area contributed by atoms with Crippen molar-refractivity contribution >= 4 is 11.6 Å². The van der Waals surface area contributed by atoms with Crippen molar-refractivity contribution < 1.29 is 0 Å². The lowest BCUT2D eigenvalue weighted by Gasteiger charge is -2.04. The molecule has 20 heavy (non-hydrogen) atoms. The van der Waals surface area contributed by atoms with E-state index in [2.05, 4.69) is 73.3 Å². The molecule has 0 aliphatic rings. The van der Waals surface area contributed by atoms with Crippen LogP contribution < -0.4 is 0 Å². The fraction of sp³-hybridized carbons (Fsp3) is 0.250. The van der Waals surface area contributed by atoms with Gasteiger partial charge in [-0.3, -0.25) is 0 Å². The molecule has 0 heteroatoms. The number of unbranched alkanes of at least 4 members (excludes halogenated alkanes) is 2. The molecule has 2 aromatic carbocycles. The highest BCUT2D eigenvalue weighted by atomic mass is 14.0. The first-order chi connectivity index (χ1) is 9.90. The van der Waals surface area contributed by atoms with Gasteiger partial charge in [0.1, 0.15) is 0 Å². The van der Waals surface area contributed by atoms with E-state index in [-0.39, 0.29) is 0 Å². The van der Waals surface area contributed by atoms with E-state index in [1.807, 2.05) is 6.07 Å². The minimum Gasteiger partial charge on any atom is -0.116 e. The monoisotopic (exact) mass is 262 g/mol. The quantitative estimate of drug-likeness (QED) is 0.445. The zero-order valence-electron chi connectivity index (χ0n) is 12.2. The molecule has 0 aliphatic heterocycles. The topological polar surface area (TPSA) is 0 Å². The van der Waals surface area contributed by atoms with Crippen LogP contribution in [0.3, 0.4) is 0 Å². The molecule has 0 amide bonds. The summed E-state index contributed by atoms with van der Waals surface area (Å²) in [6, 6.07) is 21.0. The van der Waals surface area contributed by atoms with Gasteiger partial charge < -0.3 is 0 Å². The maximum absolute atomic E-state index is 3.50. The van der Waals surface area contributed by atoms with Crippen LogP contribution >= 0.6 is 0 Å². The fourth-order valence-electron chi connectivity index (χ4n) is 2.21. The molecule has 2 rings (SSSR count). The summed E-state index contributed by atoms with van der Waals surface area (Å²) >= 11 is 0. The van der Waals surface area contributed by atoms with E-state index in [1.165, 1.54) is 36.0 Å². The first-order valence-electron chi connectivity index (χ1n) is 7.46. The summed E-state index contributed by atoms with van der Waals surface area (Å²) in [6.07, 6.45) is 6.96. The van der Waals surface area contributed by atoms with Crippen molar-refractivity contribution in [3.8, 4) is 0 Å². The standard InChI is InChI=1S/C20H22/c1-2-3-6-13-20(19-14-9-5-10-15-19)17-16-18-11-7-4-8-12-18/h4-5,7-12,14-16H,2-3,6,13H2,1H3. The second kappa shape index (κ2) is 8.19. The highest BCUT2D eigenvalue weighted by molar-refractivity contribution is 5.68. The molecule has 0 bridgehead atoms. The molecule has 0 atom stereocenters. The van der Waals surface area contributed by atoms with Gasteiger partial charge in [0.15, 0.2) is 0 Å². The van der Waals surface area contributed by atoms with Crippen LogP contribution in [0.4, 0.5) is 0 Å². The predicted octanol–water partition coefficient (Wildman–Crippen LogP) is 5.96. The molecule has 0 radical (unpaired) electrons. The van der Waals surface area contributed by atoms with Gasteiger partial charge in [-0.1, -0.05) is 80.4 Å². The van der Waals surface area contributed by atoms with Crippen molar-refractivity contribution in [1.82, 2.24) is 0 Å². The van der Waals surface area contributed by atoms with Crippen LogP contribution in [-0.4, -0.2) is 0 Å². The highest BCUT2D eigenvalue weighted by Gasteiger charge is 1.99. The first kappa shape index (κ1) is 14.4. The van der Waals surface area contributed by atoms with Crippen molar-refractivity contribution in [1.29, 1.82) is 0 Å². The van der Waals surface area contributed by atoms with Gasteiger partial charge in [0.2, 0.25) is 0 Å². The van der Waals surface area contributed by atoms with Crippen LogP contribution in [0.15, 0.2) is 66.4 Å². The van der Waals surface area contributed by atoms with E-state index < -0.39 is 0 Å². The van der Waals surface area contributed by atoms with Gasteiger partial charge in [-0.05, 0) is 30.0 Å². The average molecular weight is 262 g/mol. The third-order valence-corrected chi connectivity index (χ3v) is 3.37. The number of benzene rings is 2. The average Bonchev–Trinajstić information content (AvgIpc) is 2.52. The first-order valence-corrected chi connectivity index (χ1v) is 7.46. The lowest BCUT2D eigenvalue weighted by atomic mass is 10.00. The number of hydrogen-bond donors (Lipinski definition) is 0. The Bertz CT molecular complexity index is 558. The predicted molar refractivity (Wildman–Crippen MR) is 88.4 cm³/mol. The van der Waals surface area contributed by atoms with Crippen molar-refractivity contribution in [2.75, 3.05) is 0 Å². The molecule has 0 N–H and O–H groups in total. The van der Waals surface area contributed by atoms with E-state index >= 15 is 0 Å². The van der Waals surface area contributed by atoms with Crippen LogP contribution in [0.25, 0.3) is 11.6 Å². The van der Waals surface area contributed by atoms with E-state index in [4.69, 9.17) is 0 Å². The van der Waals surface area contributed by atoms with Gasteiger partial charge in [-0.15, -0.1) is 5.73 Å². The summed E-state index contributed by atoms with van der Waals surface area (Å²) in [5.74, 6) is 0. The van der Waals surface area contributed by atoms with Gasteiger partial charge in [0, 0.05) is 5.57 Å². The number of rotatable bonds is 6. The van der Waals surface area contributed by atoms with Gasteiger partial charge in [0.05, 0.1) is 0 Å². The smallest absolute Gasteiger partial charge is 0.00123 e. The van der Waals surface area contributed by atoms with Gasteiger partial charge >= 0.3 is 0 Å². The Morgan fingerprint density at radius 2 is 1.55 bits per heavy atom. The van der Waals surface area contributed by atoms with E-state index in [0.29, 0.717) is 0 Å². The molecular formula is C20H22. The van der Waals surface area contributed by atoms with Crippen molar-refractivity contribution in [2.24, 2.45) is 0 Å². The Morgan fingerprint density at radius 3 is 2.20 bits per heavy atom. The highest BCUT2D eigenvalue weighted by Crippen LogP contribution is 2.20. The largest absolute Gasteiger partial charge is 0.116 e. The lowest BCUT2D eigenvalue weighted by molar-refractivity contribution is 0.735. The van der Waals surface area contributed by atoms with Gasteiger partial charge in [-0.25, -0.2) is 0 Å². The summed E-state index contributed by atoms with van der Waals surface area (Å²) in [7, 11) is 0. The molecule has 0 nitrogen and oxygen atoms in total. The molecular weight excluding hydrogens is 240 g/mol. The second-order valence-corrected chi connectivity index (χ2v) is 5.00. The summed E-state index contributed by atoms with van der Waals surface area (Å²) in [6.45, 7) is 2.24. The van der Waals surface area contributed by atoms with E-state index in [1.54, 1.807) is 0 Å². The van der Waals surface area contributed by atoms with Crippen LogP contribution in [0.1, 0.15) is 43.7 Å². The van der Waals surface area contributed by atoms with Crippen LogP contribution in [0.2, 0.25) is 0 Å². The Morgan fingerprint density at radius 1 is 0.900 bits per heavy atom. The maximum atomic E-state index is 3.50. The molecule has 0 spiro atoms.